The standard InChI is InChI=1S/C19H20F2N2O3/c1-12(18(24)23-10-9-13-5-3-4-6-15(13)23)22-14-7-8-16(25-2)17(11-14)26-19(20)21/h3-8,11-12,19,22H,9-10H2,1-2H3. The number of nitrogens with zero attached hydrogens (tertiary/aromatic N) is 1. The molecular formula is C19H20F2N2O3. The Balaban J connectivity index is 1.74. The van der Waals surface area contributed by atoms with Crippen LogP contribution in [-0.2, 0) is 11.2 Å². The number of halogens is 2. The zero-order valence-electron chi connectivity index (χ0n) is 14.5. The summed E-state index contributed by atoms with van der Waals surface area (Å²) in [5.41, 5.74) is 2.56. The number of benzene rings is 2. The highest BCUT2D eigenvalue weighted by molar-refractivity contribution is 6.00. The molecule has 7 heteroatoms. The molecule has 0 saturated heterocycles. The molecule has 2 aromatic rings. The summed E-state index contributed by atoms with van der Waals surface area (Å²) in [7, 11) is 1.37. The van der Waals surface area contributed by atoms with E-state index in [4.69, 9.17) is 4.74 Å². The first-order valence-corrected chi connectivity index (χ1v) is 8.28. The second-order valence-corrected chi connectivity index (χ2v) is 5.98. The van der Waals surface area contributed by atoms with Crippen molar-refractivity contribution < 1.29 is 23.0 Å². The van der Waals surface area contributed by atoms with Gasteiger partial charge in [0, 0.05) is 24.0 Å². The van der Waals surface area contributed by atoms with E-state index in [-0.39, 0.29) is 17.4 Å². The van der Waals surface area contributed by atoms with Gasteiger partial charge in [0.15, 0.2) is 11.5 Å². The molecule has 3 rings (SSSR count). The van der Waals surface area contributed by atoms with E-state index in [1.807, 2.05) is 24.3 Å². The van der Waals surface area contributed by atoms with Gasteiger partial charge >= 0.3 is 6.61 Å². The van der Waals surface area contributed by atoms with Crippen LogP contribution in [0.5, 0.6) is 11.5 Å². The van der Waals surface area contributed by atoms with Crippen LogP contribution in [0.15, 0.2) is 42.5 Å². The summed E-state index contributed by atoms with van der Waals surface area (Å²) >= 11 is 0. The fourth-order valence-corrected chi connectivity index (χ4v) is 3.07. The Morgan fingerprint density at radius 2 is 1.96 bits per heavy atom. The van der Waals surface area contributed by atoms with E-state index < -0.39 is 12.7 Å². The normalized spacial score (nSPS) is 14.1. The summed E-state index contributed by atoms with van der Waals surface area (Å²) in [5.74, 6) is 0.0315. The first kappa shape index (κ1) is 18.0. The Kier molecular flexibility index (Phi) is 5.25. The molecule has 1 aliphatic heterocycles. The molecular weight excluding hydrogens is 342 g/mol. The Morgan fingerprint density at radius 3 is 2.69 bits per heavy atom. The van der Waals surface area contributed by atoms with Crippen molar-refractivity contribution >= 4 is 17.3 Å². The molecule has 1 unspecified atom stereocenters. The van der Waals surface area contributed by atoms with Crippen molar-refractivity contribution in [1.29, 1.82) is 0 Å². The Morgan fingerprint density at radius 1 is 1.19 bits per heavy atom. The average molecular weight is 362 g/mol. The summed E-state index contributed by atoms with van der Waals surface area (Å²) in [5, 5.41) is 3.04. The maximum absolute atomic E-state index is 12.8. The van der Waals surface area contributed by atoms with Crippen LogP contribution in [0, 0.1) is 0 Å². The maximum atomic E-state index is 12.8. The molecule has 1 heterocycles. The van der Waals surface area contributed by atoms with Gasteiger partial charge in [-0.2, -0.15) is 8.78 Å². The number of rotatable bonds is 6. The molecule has 0 spiro atoms. The zero-order chi connectivity index (χ0) is 18.7. The second kappa shape index (κ2) is 7.59. The van der Waals surface area contributed by atoms with Gasteiger partial charge in [-0.05, 0) is 37.1 Å². The van der Waals surface area contributed by atoms with Gasteiger partial charge in [-0.3, -0.25) is 4.79 Å². The Hall–Kier alpha value is -2.83. The maximum Gasteiger partial charge on any atom is 0.387 e. The number of alkyl halides is 2. The third-order valence-corrected chi connectivity index (χ3v) is 4.29. The number of hydrogen-bond donors (Lipinski definition) is 1. The molecule has 138 valence electrons. The molecule has 0 aliphatic carbocycles. The summed E-state index contributed by atoms with van der Waals surface area (Å²) in [4.78, 5) is 14.5. The van der Waals surface area contributed by atoms with Crippen molar-refractivity contribution in [2.45, 2.75) is 26.0 Å². The van der Waals surface area contributed by atoms with Crippen LogP contribution in [0.3, 0.4) is 0 Å². The van der Waals surface area contributed by atoms with Crippen LogP contribution >= 0.6 is 0 Å². The molecule has 1 amide bonds. The first-order valence-electron chi connectivity index (χ1n) is 8.28. The minimum Gasteiger partial charge on any atom is -0.493 e. The number of hydrogen-bond acceptors (Lipinski definition) is 4. The van der Waals surface area contributed by atoms with Crippen molar-refractivity contribution in [3.63, 3.8) is 0 Å². The number of methoxy groups -OCH3 is 1. The third kappa shape index (κ3) is 3.71. The molecule has 0 aromatic heterocycles. The number of para-hydroxylation sites is 1. The lowest BCUT2D eigenvalue weighted by molar-refractivity contribution is -0.118. The van der Waals surface area contributed by atoms with Crippen molar-refractivity contribution in [2.75, 3.05) is 23.9 Å². The van der Waals surface area contributed by atoms with E-state index in [1.54, 1.807) is 17.9 Å². The molecule has 1 N–H and O–H groups in total. The largest absolute Gasteiger partial charge is 0.493 e. The predicted molar refractivity (Wildman–Crippen MR) is 95.2 cm³/mol. The Bertz CT molecular complexity index is 798. The average Bonchev–Trinajstić information content (AvgIpc) is 3.05. The lowest BCUT2D eigenvalue weighted by Crippen LogP contribution is -2.40. The molecule has 0 radical (unpaired) electrons. The lowest BCUT2D eigenvalue weighted by Gasteiger charge is -2.23. The number of ether oxygens (including phenoxy) is 2. The minimum atomic E-state index is -2.96. The highest BCUT2D eigenvalue weighted by Gasteiger charge is 2.27. The van der Waals surface area contributed by atoms with Crippen LogP contribution in [-0.4, -0.2) is 32.2 Å². The fourth-order valence-electron chi connectivity index (χ4n) is 3.07. The van der Waals surface area contributed by atoms with Crippen LogP contribution in [0.2, 0.25) is 0 Å². The van der Waals surface area contributed by atoms with Crippen molar-refractivity contribution in [3.05, 3.63) is 48.0 Å². The summed E-state index contributed by atoms with van der Waals surface area (Å²) < 4.78 is 34.6. The number of amides is 1. The molecule has 26 heavy (non-hydrogen) atoms. The van der Waals surface area contributed by atoms with E-state index in [0.29, 0.717) is 12.2 Å². The van der Waals surface area contributed by atoms with E-state index in [1.165, 1.54) is 19.2 Å². The number of nitrogens with one attached hydrogen (secondary N) is 1. The smallest absolute Gasteiger partial charge is 0.387 e. The molecule has 0 saturated carbocycles. The van der Waals surface area contributed by atoms with E-state index in [2.05, 4.69) is 10.1 Å². The van der Waals surface area contributed by atoms with Gasteiger partial charge in [-0.25, -0.2) is 0 Å². The molecule has 0 bridgehead atoms. The van der Waals surface area contributed by atoms with Gasteiger partial charge in [-0.15, -0.1) is 0 Å². The van der Waals surface area contributed by atoms with Crippen LogP contribution in [0.4, 0.5) is 20.2 Å². The van der Waals surface area contributed by atoms with Gasteiger partial charge in [-0.1, -0.05) is 18.2 Å². The summed E-state index contributed by atoms with van der Waals surface area (Å²) in [6.07, 6.45) is 0.823. The SMILES string of the molecule is COc1ccc(NC(C)C(=O)N2CCc3ccccc32)cc1OC(F)F. The molecule has 1 atom stereocenters. The summed E-state index contributed by atoms with van der Waals surface area (Å²) in [6.45, 7) is -0.590. The molecule has 2 aromatic carbocycles. The first-order chi connectivity index (χ1) is 12.5. The number of fused-ring (bicyclic) bond motifs is 1. The van der Waals surface area contributed by atoms with Crippen molar-refractivity contribution in [3.8, 4) is 11.5 Å². The number of carbonyl (C=O) groups excluding carboxylic acids is 1. The second-order valence-electron chi connectivity index (χ2n) is 5.98. The van der Waals surface area contributed by atoms with Gasteiger partial charge < -0.3 is 19.7 Å². The lowest BCUT2D eigenvalue weighted by atomic mass is 10.2. The minimum absolute atomic E-state index is 0.0814. The van der Waals surface area contributed by atoms with Gasteiger partial charge in [0.1, 0.15) is 6.04 Å². The van der Waals surface area contributed by atoms with E-state index >= 15 is 0 Å². The topological polar surface area (TPSA) is 50.8 Å². The molecule has 1 aliphatic rings. The summed E-state index contributed by atoms with van der Waals surface area (Å²) in [6, 6.07) is 11.8. The quantitative estimate of drug-likeness (QED) is 0.852. The van der Waals surface area contributed by atoms with Gasteiger partial charge in [0.2, 0.25) is 5.91 Å². The fraction of sp³-hybridized carbons (Fsp3) is 0.316. The van der Waals surface area contributed by atoms with Crippen LogP contribution < -0.4 is 19.7 Å². The third-order valence-electron chi connectivity index (χ3n) is 4.29. The van der Waals surface area contributed by atoms with Crippen LogP contribution in [0.25, 0.3) is 0 Å². The Labute approximate surface area is 150 Å². The molecule has 0 fully saturated rings. The van der Waals surface area contributed by atoms with Gasteiger partial charge in [0.05, 0.1) is 7.11 Å². The van der Waals surface area contributed by atoms with Gasteiger partial charge in [0.25, 0.3) is 0 Å². The highest BCUT2D eigenvalue weighted by Crippen LogP contribution is 2.32. The predicted octanol–water partition coefficient (Wildman–Crippen LogP) is 3.69. The monoisotopic (exact) mass is 362 g/mol. The number of anilines is 2. The zero-order valence-corrected chi connectivity index (χ0v) is 14.5. The van der Waals surface area contributed by atoms with E-state index in [0.717, 1.165) is 17.7 Å². The molecule has 5 nitrogen and oxygen atoms in total. The number of carbonyl (C=O) groups is 1. The van der Waals surface area contributed by atoms with Crippen LogP contribution in [0.1, 0.15) is 12.5 Å². The van der Waals surface area contributed by atoms with Crippen molar-refractivity contribution in [2.24, 2.45) is 0 Å². The van der Waals surface area contributed by atoms with Crippen molar-refractivity contribution in [1.82, 2.24) is 0 Å². The highest BCUT2D eigenvalue weighted by atomic mass is 19.3. The van der Waals surface area contributed by atoms with E-state index in [9.17, 15) is 13.6 Å².